The van der Waals surface area contributed by atoms with Gasteiger partial charge in [-0.1, -0.05) is 0 Å². The SMILES string of the molecule is CCn1cc(NC(=O)c2c(Br)c(C)nn2C)c(C(=O)NC)n1. The minimum Gasteiger partial charge on any atom is -0.354 e. The van der Waals surface area contributed by atoms with Gasteiger partial charge in [0.2, 0.25) is 0 Å². The van der Waals surface area contributed by atoms with Crippen molar-refractivity contribution in [3.63, 3.8) is 0 Å². The van der Waals surface area contributed by atoms with Gasteiger partial charge in [0, 0.05) is 26.8 Å². The van der Waals surface area contributed by atoms with Crippen LogP contribution in [-0.4, -0.2) is 38.4 Å². The molecule has 0 aliphatic rings. The standard InChI is InChI=1S/C13H17BrN6O2/c1-5-20-6-8(10(18-20)12(21)15-3)16-13(22)11-9(14)7(2)17-19(11)4/h6H,5H2,1-4H3,(H,15,21)(H,16,22). The summed E-state index contributed by atoms with van der Waals surface area (Å²) in [5.41, 5.74) is 1.62. The van der Waals surface area contributed by atoms with E-state index in [0.29, 0.717) is 28.1 Å². The number of amides is 2. The summed E-state index contributed by atoms with van der Waals surface area (Å²) in [4.78, 5) is 24.3. The number of hydrogen-bond donors (Lipinski definition) is 2. The minimum absolute atomic E-state index is 0.174. The predicted octanol–water partition coefficient (Wildman–Crippen LogP) is 1.32. The number of anilines is 1. The Morgan fingerprint density at radius 1 is 1.32 bits per heavy atom. The molecule has 2 heterocycles. The van der Waals surface area contributed by atoms with Crippen molar-refractivity contribution in [2.24, 2.45) is 7.05 Å². The van der Waals surface area contributed by atoms with E-state index in [1.54, 1.807) is 24.9 Å². The number of carbonyl (C=O) groups excluding carboxylic acids is 2. The van der Waals surface area contributed by atoms with Crippen molar-refractivity contribution in [3.8, 4) is 0 Å². The fraction of sp³-hybridized carbons (Fsp3) is 0.385. The molecule has 0 aliphatic carbocycles. The van der Waals surface area contributed by atoms with Crippen molar-refractivity contribution >= 4 is 33.4 Å². The number of aromatic nitrogens is 4. The molecule has 0 saturated heterocycles. The molecule has 2 rings (SSSR count). The molecule has 0 spiro atoms. The van der Waals surface area contributed by atoms with Gasteiger partial charge in [-0.05, 0) is 29.8 Å². The molecule has 0 aromatic carbocycles. The van der Waals surface area contributed by atoms with Gasteiger partial charge in [-0.3, -0.25) is 19.0 Å². The first kappa shape index (κ1) is 16.2. The van der Waals surface area contributed by atoms with Crippen molar-refractivity contribution in [1.29, 1.82) is 0 Å². The average Bonchev–Trinajstić information content (AvgIpc) is 2.99. The van der Waals surface area contributed by atoms with Crippen LogP contribution in [0.3, 0.4) is 0 Å². The number of nitrogens with one attached hydrogen (secondary N) is 2. The van der Waals surface area contributed by atoms with Gasteiger partial charge in [-0.2, -0.15) is 10.2 Å². The summed E-state index contributed by atoms with van der Waals surface area (Å²) >= 11 is 3.35. The van der Waals surface area contributed by atoms with Gasteiger partial charge in [-0.25, -0.2) is 0 Å². The Kier molecular flexibility index (Phi) is 4.65. The van der Waals surface area contributed by atoms with E-state index >= 15 is 0 Å². The van der Waals surface area contributed by atoms with Crippen LogP contribution in [-0.2, 0) is 13.6 Å². The summed E-state index contributed by atoms with van der Waals surface area (Å²) in [5, 5.41) is 13.6. The Hall–Kier alpha value is -2.16. The first-order chi connectivity index (χ1) is 10.4. The van der Waals surface area contributed by atoms with Crippen molar-refractivity contribution in [3.05, 3.63) is 27.8 Å². The maximum atomic E-state index is 12.5. The summed E-state index contributed by atoms with van der Waals surface area (Å²) < 4.78 is 3.69. The highest BCUT2D eigenvalue weighted by atomic mass is 79.9. The summed E-state index contributed by atoms with van der Waals surface area (Å²) in [6.07, 6.45) is 1.62. The molecule has 118 valence electrons. The van der Waals surface area contributed by atoms with Gasteiger partial charge >= 0.3 is 0 Å². The lowest BCUT2D eigenvalue weighted by atomic mass is 10.3. The Bertz CT molecular complexity index is 733. The van der Waals surface area contributed by atoms with Crippen LogP contribution < -0.4 is 10.6 Å². The summed E-state index contributed by atoms with van der Waals surface area (Å²) in [6.45, 7) is 4.29. The molecule has 2 amide bonds. The second-order valence-electron chi connectivity index (χ2n) is 4.65. The first-order valence-electron chi connectivity index (χ1n) is 6.69. The van der Waals surface area contributed by atoms with Crippen LogP contribution in [0.5, 0.6) is 0 Å². The lowest BCUT2D eigenvalue weighted by molar-refractivity contribution is 0.0958. The third-order valence-electron chi connectivity index (χ3n) is 3.14. The fourth-order valence-corrected chi connectivity index (χ4v) is 2.54. The Morgan fingerprint density at radius 3 is 2.50 bits per heavy atom. The lowest BCUT2D eigenvalue weighted by Crippen LogP contribution is -2.22. The summed E-state index contributed by atoms with van der Waals surface area (Å²) in [7, 11) is 3.20. The zero-order chi connectivity index (χ0) is 16.4. The maximum Gasteiger partial charge on any atom is 0.275 e. The fourth-order valence-electron chi connectivity index (χ4n) is 2.02. The van der Waals surface area contributed by atoms with Crippen LogP contribution in [0.2, 0.25) is 0 Å². The molecule has 0 atom stereocenters. The van der Waals surface area contributed by atoms with Crippen LogP contribution in [0.1, 0.15) is 33.6 Å². The number of halogens is 1. The van der Waals surface area contributed by atoms with E-state index in [-0.39, 0.29) is 17.5 Å². The Morgan fingerprint density at radius 2 is 2.00 bits per heavy atom. The second-order valence-corrected chi connectivity index (χ2v) is 5.44. The van der Waals surface area contributed by atoms with Crippen molar-refractivity contribution < 1.29 is 9.59 Å². The molecule has 0 unspecified atom stereocenters. The average molecular weight is 369 g/mol. The topological polar surface area (TPSA) is 93.8 Å². The highest BCUT2D eigenvalue weighted by Gasteiger charge is 2.22. The van der Waals surface area contributed by atoms with E-state index in [9.17, 15) is 9.59 Å². The highest BCUT2D eigenvalue weighted by molar-refractivity contribution is 9.10. The van der Waals surface area contributed by atoms with Crippen molar-refractivity contribution in [2.45, 2.75) is 20.4 Å². The van der Waals surface area contributed by atoms with Crippen LogP contribution in [0.4, 0.5) is 5.69 Å². The van der Waals surface area contributed by atoms with Crippen LogP contribution in [0, 0.1) is 6.92 Å². The van der Waals surface area contributed by atoms with Gasteiger partial charge < -0.3 is 10.6 Å². The third kappa shape index (κ3) is 2.89. The van der Waals surface area contributed by atoms with Crippen LogP contribution in [0.15, 0.2) is 10.7 Å². The largest absolute Gasteiger partial charge is 0.354 e. The molecule has 2 N–H and O–H groups in total. The summed E-state index contributed by atoms with van der Waals surface area (Å²) in [5.74, 6) is -0.724. The maximum absolute atomic E-state index is 12.5. The monoisotopic (exact) mass is 368 g/mol. The molecule has 0 bridgehead atoms. The zero-order valence-corrected chi connectivity index (χ0v) is 14.4. The number of hydrogen-bond acceptors (Lipinski definition) is 4. The molecule has 0 radical (unpaired) electrons. The van der Waals surface area contributed by atoms with Gasteiger partial charge in [0.05, 0.1) is 15.9 Å². The molecule has 9 heteroatoms. The molecular weight excluding hydrogens is 352 g/mol. The van der Waals surface area contributed by atoms with E-state index in [0.717, 1.165) is 0 Å². The first-order valence-corrected chi connectivity index (χ1v) is 7.48. The number of rotatable bonds is 4. The number of carbonyl (C=O) groups is 2. The molecule has 0 fully saturated rings. The number of aryl methyl sites for hydroxylation is 3. The van der Waals surface area contributed by atoms with Gasteiger partial charge in [-0.15, -0.1) is 0 Å². The Labute approximate surface area is 136 Å². The van der Waals surface area contributed by atoms with E-state index < -0.39 is 0 Å². The molecule has 2 aromatic rings. The van der Waals surface area contributed by atoms with Gasteiger partial charge in [0.15, 0.2) is 5.69 Å². The predicted molar refractivity (Wildman–Crippen MR) is 84.9 cm³/mol. The minimum atomic E-state index is -0.365. The summed E-state index contributed by atoms with van der Waals surface area (Å²) in [6, 6.07) is 0. The van der Waals surface area contributed by atoms with Gasteiger partial charge in [0.25, 0.3) is 11.8 Å². The smallest absolute Gasteiger partial charge is 0.275 e. The van der Waals surface area contributed by atoms with Crippen LogP contribution >= 0.6 is 15.9 Å². The highest BCUT2D eigenvalue weighted by Crippen LogP contribution is 2.22. The molecule has 0 saturated carbocycles. The van der Waals surface area contributed by atoms with E-state index in [4.69, 9.17) is 0 Å². The van der Waals surface area contributed by atoms with E-state index in [1.807, 2.05) is 6.92 Å². The van der Waals surface area contributed by atoms with Crippen LogP contribution in [0.25, 0.3) is 0 Å². The molecular formula is C13H17BrN6O2. The number of nitrogens with zero attached hydrogens (tertiary/aromatic N) is 4. The van der Waals surface area contributed by atoms with E-state index in [1.165, 1.54) is 11.7 Å². The van der Waals surface area contributed by atoms with E-state index in [2.05, 4.69) is 36.8 Å². The molecule has 2 aromatic heterocycles. The van der Waals surface area contributed by atoms with Crippen molar-refractivity contribution in [1.82, 2.24) is 24.9 Å². The normalized spacial score (nSPS) is 10.6. The quantitative estimate of drug-likeness (QED) is 0.850. The van der Waals surface area contributed by atoms with Gasteiger partial charge in [0.1, 0.15) is 5.69 Å². The Balaban J connectivity index is 2.36. The third-order valence-corrected chi connectivity index (χ3v) is 4.09. The second kappa shape index (κ2) is 6.30. The lowest BCUT2D eigenvalue weighted by Gasteiger charge is -2.05. The molecule has 22 heavy (non-hydrogen) atoms. The molecule has 8 nitrogen and oxygen atoms in total. The zero-order valence-electron chi connectivity index (χ0n) is 12.8. The molecule has 0 aliphatic heterocycles. The van der Waals surface area contributed by atoms with Crippen molar-refractivity contribution in [2.75, 3.05) is 12.4 Å².